The van der Waals surface area contributed by atoms with Gasteiger partial charge in [-0.25, -0.2) is 4.79 Å². The van der Waals surface area contributed by atoms with Crippen LogP contribution in [0.1, 0.15) is 43.3 Å². The van der Waals surface area contributed by atoms with E-state index in [0.717, 1.165) is 19.5 Å². The second-order valence-corrected chi connectivity index (χ2v) is 4.40. The molecule has 0 saturated heterocycles. The van der Waals surface area contributed by atoms with Gasteiger partial charge in [0.1, 0.15) is 11.3 Å². The molecule has 4 heteroatoms. The van der Waals surface area contributed by atoms with E-state index in [1.807, 2.05) is 0 Å². The van der Waals surface area contributed by atoms with Gasteiger partial charge in [0.15, 0.2) is 0 Å². The summed E-state index contributed by atoms with van der Waals surface area (Å²) in [6, 6.07) is 1.51. The summed E-state index contributed by atoms with van der Waals surface area (Å²) in [7, 11) is 0. The van der Waals surface area contributed by atoms with E-state index in [4.69, 9.17) is 9.52 Å². The largest absolute Gasteiger partial charge is 0.478 e. The Bertz CT molecular complexity index is 359. The van der Waals surface area contributed by atoms with Crippen LogP contribution < -0.4 is 0 Å². The van der Waals surface area contributed by atoms with Crippen LogP contribution in [0, 0.1) is 5.92 Å². The Kier molecular flexibility index (Phi) is 5.22. The number of hydrogen-bond acceptors (Lipinski definition) is 3. The molecule has 0 saturated carbocycles. The molecule has 0 fully saturated rings. The topological polar surface area (TPSA) is 53.7 Å². The molecule has 1 atom stereocenters. The maximum atomic E-state index is 11.0. The fourth-order valence-corrected chi connectivity index (χ4v) is 1.73. The smallest absolute Gasteiger partial charge is 0.339 e. The van der Waals surface area contributed by atoms with Crippen LogP contribution in [0.4, 0.5) is 0 Å². The number of carboxylic acid groups (broad SMARTS) is 1. The number of carbonyl (C=O) groups is 1. The van der Waals surface area contributed by atoms with Crippen molar-refractivity contribution >= 4 is 5.97 Å². The summed E-state index contributed by atoms with van der Waals surface area (Å²) in [6.07, 6.45) is 2.57. The highest BCUT2D eigenvalue weighted by Crippen LogP contribution is 2.15. The molecule has 17 heavy (non-hydrogen) atoms. The van der Waals surface area contributed by atoms with Crippen molar-refractivity contribution in [2.75, 3.05) is 13.1 Å². The molecule has 0 bridgehead atoms. The Hall–Kier alpha value is -1.29. The summed E-state index contributed by atoms with van der Waals surface area (Å²) in [6.45, 7) is 8.86. The Labute approximate surface area is 102 Å². The van der Waals surface area contributed by atoms with Crippen molar-refractivity contribution in [1.29, 1.82) is 0 Å². The van der Waals surface area contributed by atoms with Crippen molar-refractivity contribution in [1.82, 2.24) is 4.90 Å². The van der Waals surface area contributed by atoms with Gasteiger partial charge in [-0.1, -0.05) is 27.2 Å². The standard InChI is InChI=1S/C13H21NO3/c1-4-10(3)8-14(5-2)9-12-11(13(15)16)6-7-17-12/h6-7,10H,4-5,8-9H2,1-3H3,(H,15,16). The Morgan fingerprint density at radius 2 is 2.24 bits per heavy atom. The summed E-state index contributed by atoms with van der Waals surface area (Å²) in [5, 5.41) is 8.99. The summed E-state index contributed by atoms with van der Waals surface area (Å²) in [5.74, 6) is 0.231. The summed E-state index contributed by atoms with van der Waals surface area (Å²) >= 11 is 0. The van der Waals surface area contributed by atoms with Crippen molar-refractivity contribution in [3.63, 3.8) is 0 Å². The van der Waals surface area contributed by atoms with Crippen LogP contribution in [-0.2, 0) is 6.54 Å². The first-order chi connectivity index (χ1) is 8.08. The quantitative estimate of drug-likeness (QED) is 0.795. The van der Waals surface area contributed by atoms with Crippen molar-refractivity contribution in [2.24, 2.45) is 5.92 Å². The first kappa shape index (κ1) is 13.8. The van der Waals surface area contributed by atoms with E-state index in [0.29, 0.717) is 18.2 Å². The normalized spacial score (nSPS) is 12.9. The molecule has 0 aromatic carbocycles. The Balaban J connectivity index is 2.67. The Morgan fingerprint density at radius 1 is 1.53 bits per heavy atom. The van der Waals surface area contributed by atoms with Gasteiger partial charge in [-0.05, 0) is 18.5 Å². The molecule has 96 valence electrons. The third-order valence-electron chi connectivity index (χ3n) is 3.06. The molecule has 1 rings (SSSR count). The van der Waals surface area contributed by atoms with Gasteiger partial charge in [-0.15, -0.1) is 0 Å². The highest BCUT2D eigenvalue weighted by molar-refractivity contribution is 5.88. The predicted molar refractivity (Wildman–Crippen MR) is 66.1 cm³/mol. The fourth-order valence-electron chi connectivity index (χ4n) is 1.73. The Morgan fingerprint density at radius 3 is 2.76 bits per heavy atom. The maximum Gasteiger partial charge on any atom is 0.339 e. The first-order valence-corrected chi connectivity index (χ1v) is 6.10. The van der Waals surface area contributed by atoms with E-state index in [9.17, 15) is 4.79 Å². The van der Waals surface area contributed by atoms with Crippen LogP contribution in [0.3, 0.4) is 0 Å². The lowest BCUT2D eigenvalue weighted by Gasteiger charge is -2.22. The van der Waals surface area contributed by atoms with Gasteiger partial charge in [0, 0.05) is 6.54 Å². The minimum atomic E-state index is -0.923. The van der Waals surface area contributed by atoms with Crippen LogP contribution >= 0.6 is 0 Å². The minimum absolute atomic E-state index is 0.271. The molecule has 1 aromatic rings. The molecule has 0 aliphatic rings. The highest BCUT2D eigenvalue weighted by Gasteiger charge is 2.16. The number of carboxylic acids is 1. The lowest BCUT2D eigenvalue weighted by atomic mass is 10.1. The molecular weight excluding hydrogens is 218 g/mol. The lowest BCUT2D eigenvalue weighted by Crippen LogP contribution is -2.28. The van der Waals surface area contributed by atoms with Crippen LogP contribution in [0.2, 0.25) is 0 Å². The average molecular weight is 239 g/mol. The molecule has 0 amide bonds. The average Bonchev–Trinajstić information content (AvgIpc) is 2.76. The van der Waals surface area contributed by atoms with E-state index in [2.05, 4.69) is 25.7 Å². The van der Waals surface area contributed by atoms with Gasteiger partial charge >= 0.3 is 5.97 Å². The molecule has 1 aromatic heterocycles. The van der Waals surface area contributed by atoms with E-state index in [-0.39, 0.29) is 5.56 Å². The molecule has 1 unspecified atom stereocenters. The monoisotopic (exact) mass is 239 g/mol. The first-order valence-electron chi connectivity index (χ1n) is 6.10. The van der Waals surface area contributed by atoms with Crippen LogP contribution in [0.25, 0.3) is 0 Å². The van der Waals surface area contributed by atoms with Gasteiger partial charge in [0.05, 0.1) is 12.8 Å². The molecule has 4 nitrogen and oxygen atoms in total. The zero-order valence-corrected chi connectivity index (χ0v) is 10.8. The maximum absolute atomic E-state index is 11.0. The molecule has 1 N–H and O–H groups in total. The number of nitrogens with zero attached hydrogens (tertiary/aromatic N) is 1. The molecule has 0 radical (unpaired) electrons. The second-order valence-electron chi connectivity index (χ2n) is 4.40. The number of aromatic carboxylic acids is 1. The van der Waals surface area contributed by atoms with E-state index >= 15 is 0 Å². The van der Waals surface area contributed by atoms with Crippen LogP contribution in [0.15, 0.2) is 16.7 Å². The molecule has 0 spiro atoms. The predicted octanol–water partition coefficient (Wildman–Crippen LogP) is 2.85. The van der Waals surface area contributed by atoms with E-state index in [1.165, 1.54) is 12.3 Å². The van der Waals surface area contributed by atoms with Crippen LogP contribution in [-0.4, -0.2) is 29.1 Å². The van der Waals surface area contributed by atoms with Crippen LogP contribution in [0.5, 0.6) is 0 Å². The lowest BCUT2D eigenvalue weighted by molar-refractivity contribution is 0.0692. The minimum Gasteiger partial charge on any atom is -0.478 e. The van der Waals surface area contributed by atoms with E-state index < -0.39 is 5.97 Å². The molecule has 0 aliphatic carbocycles. The van der Waals surface area contributed by atoms with Gasteiger partial charge in [0.2, 0.25) is 0 Å². The second kappa shape index (κ2) is 6.45. The van der Waals surface area contributed by atoms with Gasteiger partial charge in [-0.3, -0.25) is 4.90 Å². The van der Waals surface area contributed by atoms with Gasteiger partial charge in [-0.2, -0.15) is 0 Å². The molecule has 0 aliphatic heterocycles. The number of hydrogen-bond donors (Lipinski definition) is 1. The summed E-state index contributed by atoms with van der Waals surface area (Å²) in [5.41, 5.74) is 0.271. The zero-order valence-electron chi connectivity index (χ0n) is 10.8. The number of rotatable bonds is 7. The number of furan rings is 1. The van der Waals surface area contributed by atoms with Crippen molar-refractivity contribution in [2.45, 2.75) is 33.7 Å². The van der Waals surface area contributed by atoms with E-state index in [1.54, 1.807) is 0 Å². The van der Waals surface area contributed by atoms with Crippen molar-refractivity contribution < 1.29 is 14.3 Å². The van der Waals surface area contributed by atoms with Crippen molar-refractivity contribution in [3.05, 3.63) is 23.7 Å². The summed E-state index contributed by atoms with van der Waals surface area (Å²) in [4.78, 5) is 13.2. The molecular formula is C13H21NO3. The summed E-state index contributed by atoms with van der Waals surface area (Å²) < 4.78 is 5.25. The highest BCUT2D eigenvalue weighted by atomic mass is 16.4. The van der Waals surface area contributed by atoms with Gasteiger partial charge in [0.25, 0.3) is 0 Å². The third-order valence-corrected chi connectivity index (χ3v) is 3.06. The van der Waals surface area contributed by atoms with Gasteiger partial charge < -0.3 is 9.52 Å². The SMILES string of the molecule is CCC(C)CN(CC)Cc1occc1C(=O)O. The zero-order chi connectivity index (χ0) is 12.8. The van der Waals surface area contributed by atoms with Crippen molar-refractivity contribution in [3.8, 4) is 0 Å². The third kappa shape index (κ3) is 3.89. The molecule has 1 heterocycles. The fraction of sp³-hybridized carbons (Fsp3) is 0.615.